The minimum Gasteiger partial charge on any atom is -0.396 e. The van der Waals surface area contributed by atoms with Gasteiger partial charge in [0, 0.05) is 12.5 Å². The van der Waals surface area contributed by atoms with E-state index in [4.69, 9.17) is 5.11 Å². The van der Waals surface area contributed by atoms with E-state index in [1.54, 1.807) is 6.08 Å². The number of aliphatic hydroxyl groups is 2. The Balaban J connectivity index is 3.60. The van der Waals surface area contributed by atoms with E-state index in [2.05, 4.69) is 0 Å². The molecule has 0 unspecified atom stereocenters. The average Bonchev–Trinajstić information content (AvgIpc) is 1.98. The second-order valence-electron chi connectivity index (χ2n) is 2.49. The van der Waals surface area contributed by atoms with Gasteiger partial charge < -0.3 is 10.2 Å². The molecule has 0 rings (SSSR count). The summed E-state index contributed by atoms with van der Waals surface area (Å²) in [7, 11) is 0. The Morgan fingerprint density at radius 3 is 2.50 bits per heavy atom. The van der Waals surface area contributed by atoms with Crippen LogP contribution in [0.2, 0.25) is 0 Å². The smallest absolute Gasteiger partial charge is 0.0768 e. The van der Waals surface area contributed by atoms with Gasteiger partial charge in [-0.1, -0.05) is 26.0 Å². The van der Waals surface area contributed by atoms with E-state index in [0.717, 1.165) is 6.42 Å². The van der Waals surface area contributed by atoms with E-state index in [-0.39, 0.29) is 12.5 Å². The van der Waals surface area contributed by atoms with Crippen molar-refractivity contribution in [2.45, 2.75) is 26.4 Å². The predicted octanol–water partition coefficient (Wildman–Crippen LogP) is 0.942. The maximum atomic E-state index is 9.20. The quantitative estimate of drug-likeness (QED) is 0.576. The van der Waals surface area contributed by atoms with Crippen molar-refractivity contribution >= 4 is 0 Å². The number of aliphatic hydroxyl groups excluding tert-OH is 2. The second-order valence-corrected chi connectivity index (χ2v) is 2.49. The highest BCUT2D eigenvalue weighted by molar-refractivity contribution is 4.89. The first-order valence-electron chi connectivity index (χ1n) is 3.68. The van der Waals surface area contributed by atoms with Gasteiger partial charge in [0.05, 0.1) is 6.10 Å². The standard InChI is InChI=1S/C8H16O2/c1-3-4-5-8(10)7(2)6-9/h4-5,7-10H,3,6H2,1-2H3/b5-4+/t7-,8+/m0/s1. The summed E-state index contributed by atoms with van der Waals surface area (Å²) in [5, 5.41) is 17.8. The zero-order valence-electron chi connectivity index (χ0n) is 6.62. The third-order valence-electron chi connectivity index (χ3n) is 1.44. The van der Waals surface area contributed by atoms with E-state index in [9.17, 15) is 5.11 Å². The van der Waals surface area contributed by atoms with Gasteiger partial charge in [-0.2, -0.15) is 0 Å². The number of hydrogen-bond donors (Lipinski definition) is 2. The predicted molar refractivity (Wildman–Crippen MR) is 41.7 cm³/mol. The molecule has 0 aliphatic carbocycles. The Morgan fingerprint density at radius 2 is 2.10 bits per heavy atom. The maximum Gasteiger partial charge on any atom is 0.0768 e. The van der Waals surface area contributed by atoms with Crippen LogP contribution in [0.1, 0.15) is 20.3 Å². The molecule has 0 amide bonds. The molecule has 0 heterocycles. The molecular formula is C8H16O2. The zero-order valence-corrected chi connectivity index (χ0v) is 6.62. The number of allylic oxidation sites excluding steroid dienone is 1. The number of hydrogen-bond acceptors (Lipinski definition) is 2. The fourth-order valence-electron chi connectivity index (χ4n) is 0.573. The monoisotopic (exact) mass is 144 g/mol. The molecule has 2 heteroatoms. The largest absolute Gasteiger partial charge is 0.396 e. The third-order valence-corrected chi connectivity index (χ3v) is 1.44. The first-order chi connectivity index (χ1) is 4.72. The van der Waals surface area contributed by atoms with Crippen LogP contribution in [0.5, 0.6) is 0 Å². The van der Waals surface area contributed by atoms with Crippen LogP contribution in [0, 0.1) is 5.92 Å². The Kier molecular flexibility index (Phi) is 5.26. The summed E-state index contributed by atoms with van der Waals surface area (Å²) in [5.41, 5.74) is 0. The molecule has 0 bridgehead atoms. The van der Waals surface area contributed by atoms with Crippen LogP contribution in [-0.2, 0) is 0 Å². The van der Waals surface area contributed by atoms with Gasteiger partial charge in [-0.25, -0.2) is 0 Å². The van der Waals surface area contributed by atoms with Crippen molar-refractivity contribution in [3.8, 4) is 0 Å². The van der Waals surface area contributed by atoms with Crippen LogP contribution < -0.4 is 0 Å². The van der Waals surface area contributed by atoms with Crippen LogP contribution in [0.25, 0.3) is 0 Å². The summed E-state index contributed by atoms with van der Waals surface area (Å²) in [6.45, 7) is 3.85. The minimum absolute atomic E-state index is 0.0369. The van der Waals surface area contributed by atoms with Crippen molar-refractivity contribution in [1.29, 1.82) is 0 Å². The van der Waals surface area contributed by atoms with Crippen LogP contribution >= 0.6 is 0 Å². The minimum atomic E-state index is -0.495. The lowest BCUT2D eigenvalue weighted by molar-refractivity contribution is 0.111. The molecule has 0 saturated carbocycles. The van der Waals surface area contributed by atoms with Gasteiger partial charge in [-0.3, -0.25) is 0 Å². The molecule has 60 valence electrons. The van der Waals surface area contributed by atoms with Crippen molar-refractivity contribution in [3.05, 3.63) is 12.2 Å². The Labute approximate surface area is 62.2 Å². The lowest BCUT2D eigenvalue weighted by Gasteiger charge is -2.11. The first-order valence-corrected chi connectivity index (χ1v) is 3.68. The molecule has 0 aromatic rings. The maximum absolute atomic E-state index is 9.20. The molecular weight excluding hydrogens is 128 g/mol. The van der Waals surface area contributed by atoms with E-state index in [1.165, 1.54) is 0 Å². The topological polar surface area (TPSA) is 40.5 Å². The molecule has 2 nitrogen and oxygen atoms in total. The fourth-order valence-corrected chi connectivity index (χ4v) is 0.573. The molecule has 0 fully saturated rings. The van der Waals surface area contributed by atoms with Gasteiger partial charge in [0.25, 0.3) is 0 Å². The molecule has 10 heavy (non-hydrogen) atoms. The molecule has 0 radical (unpaired) electrons. The Bertz CT molecular complexity index is 99.4. The molecule has 0 aromatic heterocycles. The van der Waals surface area contributed by atoms with Gasteiger partial charge in [0.2, 0.25) is 0 Å². The van der Waals surface area contributed by atoms with Gasteiger partial charge in [-0.15, -0.1) is 0 Å². The highest BCUT2D eigenvalue weighted by Crippen LogP contribution is 2.02. The first kappa shape index (κ1) is 9.66. The average molecular weight is 144 g/mol. The molecule has 0 aromatic carbocycles. The molecule has 0 saturated heterocycles. The van der Waals surface area contributed by atoms with Gasteiger partial charge >= 0.3 is 0 Å². The van der Waals surface area contributed by atoms with E-state index >= 15 is 0 Å². The van der Waals surface area contributed by atoms with E-state index < -0.39 is 6.10 Å². The van der Waals surface area contributed by atoms with Gasteiger partial charge in [0.1, 0.15) is 0 Å². The van der Waals surface area contributed by atoms with Crippen molar-refractivity contribution in [1.82, 2.24) is 0 Å². The van der Waals surface area contributed by atoms with E-state index in [0.29, 0.717) is 0 Å². The molecule has 0 aliphatic heterocycles. The van der Waals surface area contributed by atoms with Gasteiger partial charge in [-0.05, 0) is 6.42 Å². The lowest BCUT2D eigenvalue weighted by atomic mass is 10.1. The highest BCUT2D eigenvalue weighted by atomic mass is 16.3. The van der Waals surface area contributed by atoms with Crippen molar-refractivity contribution in [2.24, 2.45) is 5.92 Å². The van der Waals surface area contributed by atoms with Crippen LogP contribution in [0.4, 0.5) is 0 Å². The number of rotatable bonds is 4. The van der Waals surface area contributed by atoms with E-state index in [1.807, 2.05) is 19.9 Å². The second kappa shape index (κ2) is 5.45. The van der Waals surface area contributed by atoms with Gasteiger partial charge in [0.15, 0.2) is 0 Å². The Hall–Kier alpha value is -0.340. The summed E-state index contributed by atoms with van der Waals surface area (Å²) in [4.78, 5) is 0. The molecule has 2 N–H and O–H groups in total. The lowest BCUT2D eigenvalue weighted by Crippen LogP contribution is -2.17. The van der Waals surface area contributed by atoms with Crippen molar-refractivity contribution < 1.29 is 10.2 Å². The fraction of sp³-hybridized carbons (Fsp3) is 0.750. The summed E-state index contributed by atoms with van der Waals surface area (Å²) in [6, 6.07) is 0. The third kappa shape index (κ3) is 3.64. The highest BCUT2D eigenvalue weighted by Gasteiger charge is 2.07. The van der Waals surface area contributed by atoms with Crippen LogP contribution in [0.15, 0.2) is 12.2 Å². The Morgan fingerprint density at radius 1 is 1.50 bits per heavy atom. The summed E-state index contributed by atoms with van der Waals surface area (Å²) in [6.07, 6.45) is 4.05. The summed E-state index contributed by atoms with van der Waals surface area (Å²) in [5.74, 6) is -0.0530. The zero-order chi connectivity index (χ0) is 7.98. The van der Waals surface area contributed by atoms with Crippen molar-refractivity contribution in [2.75, 3.05) is 6.61 Å². The van der Waals surface area contributed by atoms with Crippen LogP contribution in [0.3, 0.4) is 0 Å². The summed E-state index contributed by atoms with van der Waals surface area (Å²) < 4.78 is 0. The molecule has 0 spiro atoms. The normalized spacial score (nSPS) is 17.6. The molecule has 0 aliphatic rings. The SMILES string of the molecule is CC/C=C/[C@@H](O)[C@@H](C)CO. The molecule has 2 atom stereocenters. The van der Waals surface area contributed by atoms with Crippen LogP contribution in [-0.4, -0.2) is 22.9 Å². The van der Waals surface area contributed by atoms with Crippen molar-refractivity contribution in [3.63, 3.8) is 0 Å². The summed E-state index contributed by atoms with van der Waals surface area (Å²) >= 11 is 0.